The molecule has 288 valence electrons. The van der Waals surface area contributed by atoms with E-state index in [0.29, 0.717) is 17.5 Å². The molecule has 62 heavy (non-hydrogen) atoms. The number of pyridine rings is 1. The molecule has 0 fully saturated rings. The summed E-state index contributed by atoms with van der Waals surface area (Å²) in [5, 5.41) is 2.26. The minimum absolute atomic E-state index is 0.475. The fourth-order valence-electron chi connectivity index (χ4n) is 10.2. The van der Waals surface area contributed by atoms with Crippen LogP contribution in [0.1, 0.15) is 22.3 Å². The van der Waals surface area contributed by atoms with Crippen molar-refractivity contribution in [2.24, 2.45) is 0 Å². The molecule has 8 aromatic carbocycles. The first-order chi connectivity index (χ1) is 30.7. The number of aromatic nitrogens is 5. The fourth-order valence-corrected chi connectivity index (χ4v) is 10.2. The van der Waals surface area contributed by atoms with Crippen LogP contribution in [0.25, 0.3) is 95.4 Å². The predicted octanol–water partition coefficient (Wildman–Crippen LogP) is 13.4. The van der Waals surface area contributed by atoms with E-state index < -0.39 is 5.41 Å². The maximum atomic E-state index is 5.34. The Bertz CT molecular complexity index is 3530. The van der Waals surface area contributed by atoms with Crippen molar-refractivity contribution in [2.75, 3.05) is 0 Å². The summed E-state index contributed by atoms with van der Waals surface area (Å²) < 4.78 is 2.22. The molecule has 0 atom stereocenters. The molecule has 3 heterocycles. The van der Waals surface area contributed by atoms with Gasteiger partial charge in [-0.1, -0.05) is 188 Å². The summed E-state index contributed by atoms with van der Waals surface area (Å²) in [7, 11) is 0. The molecule has 0 saturated carbocycles. The van der Waals surface area contributed by atoms with E-state index in [9.17, 15) is 0 Å². The Kier molecular flexibility index (Phi) is 7.45. The van der Waals surface area contributed by atoms with Crippen LogP contribution in [0, 0.1) is 0 Å². The molecule has 13 rings (SSSR count). The van der Waals surface area contributed by atoms with Crippen molar-refractivity contribution in [3.05, 3.63) is 235 Å². The van der Waals surface area contributed by atoms with E-state index in [2.05, 4.69) is 193 Å². The van der Waals surface area contributed by atoms with Crippen LogP contribution in [-0.4, -0.2) is 24.3 Å². The number of imidazole rings is 1. The Morgan fingerprint density at radius 3 is 1.50 bits per heavy atom. The van der Waals surface area contributed by atoms with E-state index in [4.69, 9.17) is 19.9 Å². The topological polar surface area (TPSA) is 56.0 Å². The van der Waals surface area contributed by atoms with Crippen molar-refractivity contribution < 1.29 is 0 Å². The van der Waals surface area contributed by atoms with E-state index in [0.717, 1.165) is 55.6 Å². The standard InChI is InChI=1S/C57H35N5/c1-3-17-37(18-4-1)51-52(62-33-32-36-16-7-8-23-42(36)56(62)58-51)39-21-15-22-40(34-39)54-59-53(38-19-5-2-6-20-38)60-55(61-54)41-30-31-46-45-26-11-14-29-49(45)57(50(46)35-41)47-27-12-9-24-43(47)44-25-10-13-28-48(44)57/h1-35H. The van der Waals surface area contributed by atoms with Crippen LogP contribution >= 0.6 is 0 Å². The Balaban J connectivity index is 1.02. The van der Waals surface area contributed by atoms with Crippen LogP contribution in [0.15, 0.2) is 212 Å². The van der Waals surface area contributed by atoms with Gasteiger partial charge in [0.05, 0.1) is 16.8 Å². The molecule has 1 spiro atoms. The highest BCUT2D eigenvalue weighted by Crippen LogP contribution is 2.63. The number of fused-ring (bicyclic) bond motifs is 13. The fraction of sp³-hybridized carbons (Fsp3) is 0.0175. The zero-order valence-electron chi connectivity index (χ0n) is 33.4. The van der Waals surface area contributed by atoms with Gasteiger partial charge in [0.15, 0.2) is 17.5 Å². The first kappa shape index (κ1) is 34.6. The minimum Gasteiger partial charge on any atom is -0.298 e. The zero-order chi connectivity index (χ0) is 40.8. The van der Waals surface area contributed by atoms with Gasteiger partial charge in [-0.2, -0.15) is 0 Å². The molecule has 3 aromatic heterocycles. The molecular weight excluding hydrogens is 755 g/mol. The van der Waals surface area contributed by atoms with Gasteiger partial charge in [-0.05, 0) is 68.1 Å². The van der Waals surface area contributed by atoms with Gasteiger partial charge in [0.25, 0.3) is 0 Å². The van der Waals surface area contributed by atoms with Crippen molar-refractivity contribution in [3.8, 4) is 78.9 Å². The Morgan fingerprint density at radius 2 is 0.839 bits per heavy atom. The van der Waals surface area contributed by atoms with Crippen molar-refractivity contribution in [2.45, 2.75) is 5.41 Å². The molecule has 2 aliphatic carbocycles. The van der Waals surface area contributed by atoms with Gasteiger partial charge >= 0.3 is 0 Å². The van der Waals surface area contributed by atoms with Gasteiger partial charge in [0.1, 0.15) is 5.65 Å². The second-order valence-electron chi connectivity index (χ2n) is 16.2. The van der Waals surface area contributed by atoms with Crippen LogP contribution in [0.5, 0.6) is 0 Å². The molecule has 0 aliphatic heterocycles. The summed E-state index contributed by atoms with van der Waals surface area (Å²) in [4.78, 5) is 21.1. The number of hydrogen-bond donors (Lipinski definition) is 0. The molecule has 5 nitrogen and oxygen atoms in total. The van der Waals surface area contributed by atoms with E-state index in [-0.39, 0.29) is 0 Å². The Hall–Kier alpha value is -8.28. The molecule has 11 aromatic rings. The molecule has 0 radical (unpaired) electrons. The summed E-state index contributed by atoms with van der Waals surface area (Å²) in [5.41, 5.74) is 17.4. The van der Waals surface area contributed by atoms with Gasteiger partial charge in [0, 0.05) is 39.4 Å². The van der Waals surface area contributed by atoms with Gasteiger partial charge < -0.3 is 0 Å². The lowest BCUT2D eigenvalue weighted by atomic mass is 9.70. The first-order valence-corrected chi connectivity index (χ1v) is 21.1. The normalized spacial score (nSPS) is 13.0. The van der Waals surface area contributed by atoms with Gasteiger partial charge in [-0.25, -0.2) is 19.9 Å². The second kappa shape index (κ2) is 13.4. The van der Waals surface area contributed by atoms with Gasteiger partial charge in [0.2, 0.25) is 0 Å². The SMILES string of the molecule is c1ccc(-c2nc(-c3cccc(-c4c(-c5ccccc5)nc5c6ccccc6ccn45)c3)nc(-c3ccc4c(c3)C3(c5ccccc5-c5ccccc53)c3ccccc3-4)n2)cc1. The maximum absolute atomic E-state index is 5.34. The Morgan fingerprint density at radius 1 is 0.339 bits per heavy atom. The molecule has 0 saturated heterocycles. The van der Waals surface area contributed by atoms with E-state index in [1.54, 1.807) is 0 Å². The lowest BCUT2D eigenvalue weighted by Gasteiger charge is -2.30. The smallest absolute Gasteiger partial charge is 0.164 e. The maximum Gasteiger partial charge on any atom is 0.164 e. The highest BCUT2D eigenvalue weighted by molar-refractivity contribution is 5.98. The van der Waals surface area contributed by atoms with Crippen LogP contribution in [0.2, 0.25) is 0 Å². The Labute approximate surface area is 358 Å². The third-order valence-electron chi connectivity index (χ3n) is 12.9. The zero-order valence-corrected chi connectivity index (χ0v) is 33.4. The van der Waals surface area contributed by atoms with Crippen LogP contribution in [0.3, 0.4) is 0 Å². The van der Waals surface area contributed by atoms with E-state index in [1.165, 1.54) is 44.5 Å². The molecule has 0 amide bonds. The lowest BCUT2D eigenvalue weighted by Crippen LogP contribution is -2.25. The van der Waals surface area contributed by atoms with Gasteiger partial charge in [-0.3, -0.25) is 4.40 Å². The molecule has 2 aliphatic rings. The average molecular weight is 790 g/mol. The number of benzene rings is 8. The molecule has 0 bridgehead atoms. The highest BCUT2D eigenvalue weighted by Gasteiger charge is 2.51. The third-order valence-corrected chi connectivity index (χ3v) is 12.9. The average Bonchev–Trinajstić information content (AvgIpc) is 3.99. The molecule has 0 N–H and O–H groups in total. The number of hydrogen-bond acceptors (Lipinski definition) is 4. The summed E-state index contributed by atoms with van der Waals surface area (Å²) in [5.74, 6) is 1.85. The molecular formula is C57H35N5. The molecule has 5 heteroatoms. The lowest BCUT2D eigenvalue weighted by molar-refractivity contribution is 0.794. The van der Waals surface area contributed by atoms with Crippen molar-refractivity contribution in [1.29, 1.82) is 0 Å². The first-order valence-electron chi connectivity index (χ1n) is 21.1. The van der Waals surface area contributed by atoms with Crippen LogP contribution in [-0.2, 0) is 5.41 Å². The number of nitrogens with zero attached hydrogens (tertiary/aromatic N) is 5. The quantitative estimate of drug-likeness (QED) is 0.174. The summed E-state index contributed by atoms with van der Waals surface area (Å²) in [6.07, 6.45) is 2.13. The summed E-state index contributed by atoms with van der Waals surface area (Å²) >= 11 is 0. The van der Waals surface area contributed by atoms with Crippen molar-refractivity contribution in [3.63, 3.8) is 0 Å². The summed E-state index contributed by atoms with van der Waals surface area (Å²) in [6.45, 7) is 0. The number of rotatable bonds is 5. The van der Waals surface area contributed by atoms with Crippen molar-refractivity contribution >= 4 is 16.4 Å². The monoisotopic (exact) mass is 789 g/mol. The van der Waals surface area contributed by atoms with Crippen LogP contribution < -0.4 is 0 Å². The van der Waals surface area contributed by atoms with Crippen molar-refractivity contribution in [1.82, 2.24) is 24.3 Å². The largest absolute Gasteiger partial charge is 0.298 e. The van der Waals surface area contributed by atoms with E-state index >= 15 is 0 Å². The third kappa shape index (κ3) is 4.96. The second-order valence-corrected chi connectivity index (χ2v) is 16.2. The minimum atomic E-state index is -0.475. The molecule has 0 unspecified atom stereocenters. The summed E-state index contributed by atoms with van der Waals surface area (Å²) in [6, 6.07) is 73.3. The predicted molar refractivity (Wildman–Crippen MR) is 250 cm³/mol. The van der Waals surface area contributed by atoms with E-state index in [1.807, 2.05) is 24.3 Å². The van der Waals surface area contributed by atoms with Gasteiger partial charge in [-0.15, -0.1) is 0 Å². The highest BCUT2D eigenvalue weighted by atomic mass is 15.0. The van der Waals surface area contributed by atoms with Crippen LogP contribution in [0.4, 0.5) is 0 Å².